The second-order valence-corrected chi connectivity index (χ2v) is 7.33. The van der Waals surface area contributed by atoms with Gasteiger partial charge in [-0.2, -0.15) is 0 Å². The van der Waals surface area contributed by atoms with Crippen LogP contribution in [0.1, 0.15) is 11.1 Å². The van der Waals surface area contributed by atoms with Crippen molar-refractivity contribution in [1.29, 1.82) is 0 Å². The summed E-state index contributed by atoms with van der Waals surface area (Å²) in [6.45, 7) is 1.24. The average Bonchev–Trinajstić information content (AvgIpc) is 2.77. The van der Waals surface area contributed by atoms with Crippen LogP contribution in [0.15, 0.2) is 72.8 Å². The molecule has 4 aromatic rings. The number of hydrogen-bond donors (Lipinski definition) is 2. The first-order valence-corrected chi connectivity index (χ1v) is 10.3. The molecule has 0 unspecified atom stereocenters. The Labute approximate surface area is 176 Å². The number of ether oxygens (including phenoxy) is 2. The van der Waals surface area contributed by atoms with Gasteiger partial charge in [0.25, 0.3) is 0 Å². The summed E-state index contributed by atoms with van der Waals surface area (Å²) in [6, 6.07) is 24.5. The fourth-order valence-corrected chi connectivity index (χ4v) is 3.61. The largest absolute Gasteiger partial charge is 0.490 e. The molecule has 4 aromatic carbocycles. The lowest BCUT2D eigenvalue weighted by atomic mass is 10.1. The lowest BCUT2D eigenvalue weighted by Gasteiger charge is -2.10. The van der Waals surface area contributed by atoms with Crippen molar-refractivity contribution in [1.82, 2.24) is 0 Å². The molecule has 0 aromatic heterocycles. The smallest absolute Gasteiger partial charge is 0.122 e. The molecule has 0 radical (unpaired) electrons. The first kappa shape index (κ1) is 20.2. The Bertz CT molecular complexity index is 1050. The summed E-state index contributed by atoms with van der Waals surface area (Å²) >= 11 is 0. The number of fused-ring (bicyclic) bond motifs is 2. The van der Waals surface area contributed by atoms with Crippen molar-refractivity contribution >= 4 is 21.5 Å². The van der Waals surface area contributed by atoms with Crippen LogP contribution < -0.4 is 9.47 Å². The highest BCUT2D eigenvalue weighted by molar-refractivity contribution is 5.85. The Morgan fingerprint density at radius 2 is 0.900 bits per heavy atom. The van der Waals surface area contributed by atoms with Crippen LogP contribution in [-0.2, 0) is 12.8 Å². The molecule has 0 bridgehead atoms. The Balaban J connectivity index is 1.33. The molecule has 30 heavy (non-hydrogen) atoms. The lowest BCUT2D eigenvalue weighted by molar-refractivity contribution is 0.217. The maximum Gasteiger partial charge on any atom is 0.122 e. The Kier molecular flexibility index (Phi) is 6.47. The SMILES string of the molecule is OCCc1ccc2cc(OCCOc3ccc4cc(CCO)ccc4c3)ccc2c1. The minimum Gasteiger partial charge on any atom is -0.490 e. The Morgan fingerprint density at radius 1 is 0.500 bits per heavy atom. The van der Waals surface area contributed by atoms with Crippen molar-refractivity contribution in [3.05, 3.63) is 83.9 Å². The van der Waals surface area contributed by atoms with Crippen LogP contribution >= 0.6 is 0 Å². The van der Waals surface area contributed by atoms with Gasteiger partial charge in [-0.15, -0.1) is 0 Å². The van der Waals surface area contributed by atoms with Crippen molar-refractivity contribution in [3.63, 3.8) is 0 Å². The van der Waals surface area contributed by atoms with Crippen LogP contribution in [0.2, 0.25) is 0 Å². The quantitative estimate of drug-likeness (QED) is 0.404. The molecule has 4 nitrogen and oxygen atoms in total. The lowest BCUT2D eigenvalue weighted by Crippen LogP contribution is -2.08. The normalized spacial score (nSPS) is 11.1. The summed E-state index contributed by atoms with van der Waals surface area (Å²) in [6.07, 6.45) is 1.34. The van der Waals surface area contributed by atoms with Gasteiger partial charge in [0, 0.05) is 13.2 Å². The minimum atomic E-state index is 0.161. The third-order valence-electron chi connectivity index (χ3n) is 5.17. The van der Waals surface area contributed by atoms with Crippen LogP contribution in [-0.4, -0.2) is 36.6 Å². The molecule has 0 spiro atoms. The van der Waals surface area contributed by atoms with Gasteiger partial charge < -0.3 is 19.7 Å². The highest BCUT2D eigenvalue weighted by atomic mass is 16.5. The van der Waals surface area contributed by atoms with Gasteiger partial charge in [0.05, 0.1) is 0 Å². The highest BCUT2D eigenvalue weighted by Crippen LogP contribution is 2.24. The van der Waals surface area contributed by atoms with Gasteiger partial charge in [-0.05, 0) is 69.8 Å². The second-order valence-electron chi connectivity index (χ2n) is 7.33. The van der Waals surface area contributed by atoms with E-state index in [9.17, 15) is 0 Å². The molecule has 0 amide bonds. The molecule has 0 atom stereocenters. The molecule has 0 saturated carbocycles. The summed E-state index contributed by atoms with van der Waals surface area (Å²) in [5.41, 5.74) is 2.26. The molecular weight excluding hydrogens is 376 g/mol. The van der Waals surface area contributed by atoms with E-state index < -0.39 is 0 Å². The summed E-state index contributed by atoms with van der Waals surface area (Å²) in [4.78, 5) is 0. The van der Waals surface area contributed by atoms with Gasteiger partial charge in [-0.1, -0.05) is 48.5 Å². The standard InChI is InChI=1S/C26H26O4/c27-11-9-19-1-3-23-17-25(7-5-21(23)15-19)29-13-14-30-26-8-6-22-16-20(10-12-28)2-4-24(22)18-26/h1-8,15-18,27-28H,9-14H2. The van der Waals surface area contributed by atoms with Crippen molar-refractivity contribution in [3.8, 4) is 11.5 Å². The van der Waals surface area contributed by atoms with Crippen LogP contribution in [0.25, 0.3) is 21.5 Å². The number of aliphatic hydroxyl groups excluding tert-OH is 2. The van der Waals surface area contributed by atoms with Crippen LogP contribution in [0.4, 0.5) is 0 Å². The van der Waals surface area contributed by atoms with Gasteiger partial charge in [0.1, 0.15) is 24.7 Å². The van der Waals surface area contributed by atoms with E-state index in [-0.39, 0.29) is 13.2 Å². The maximum absolute atomic E-state index is 9.08. The van der Waals surface area contributed by atoms with Gasteiger partial charge >= 0.3 is 0 Å². The Hall–Kier alpha value is -3.08. The molecule has 154 valence electrons. The minimum absolute atomic E-state index is 0.161. The van der Waals surface area contributed by atoms with Crippen molar-refractivity contribution < 1.29 is 19.7 Å². The van der Waals surface area contributed by atoms with E-state index in [1.807, 2.05) is 48.5 Å². The van der Waals surface area contributed by atoms with Gasteiger partial charge in [0.15, 0.2) is 0 Å². The molecule has 0 aliphatic heterocycles. The predicted octanol–water partition coefficient (Wildman–Crippen LogP) is 4.52. The Morgan fingerprint density at radius 3 is 1.33 bits per heavy atom. The monoisotopic (exact) mass is 402 g/mol. The van der Waals surface area contributed by atoms with E-state index in [0.29, 0.717) is 26.1 Å². The number of rotatable bonds is 9. The molecule has 4 rings (SSSR count). The van der Waals surface area contributed by atoms with E-state index >= 15 is 0 Å². The fraction of sp³-hybridized carbons (Fsp3) is 0.231. The van der Waals surface area contributed by atoms with E-state index in [2.05, 4.69) is 24.3 Å². The molecule has 0 fully saturated rings. The number of aliphatic hydroxyl groups is 2. The van der Waals surface area contributed by atoms with Crippen LogP contribution in [0.5, 0.6) is 11.5 Å². The zero-order valence-corrected chi connectivity index (χ0v) is 16.9. The maximum atomic E-state index is 9.08. The van der Waals surface area contributed by atoms with Crippen molar-refractivity contribution in [2.75, 3.05) is 26.4 Å². The average molecular weight is 402 g/mol. The van der Waals surface area contributed by atoms with E-state index in [1.165, 1.54) is 0 Å². The summed E-state index contributed by atoms with van der Waals surface area (Å²) in [5.74, 6) is 1.63. The van der Waals surface area contributed by atoms with Crippen LogP contribution in [0.3, 0.4) is 0 Å². The first-order valence-electron chi connectivity index (χ1n) is 10.3. The molecule has 0 aliphatic rings. The zero-order valence-electron chi connectivity index (χ0n) is 16.9. The van der Waals surface area contributed by atoms with E-state index in [0.717, 1.165) is 44.2 Å². The van der Waals surface area contributed by atoms with Gasteiger partial charge in [-0.3, -0.25) is 0 Å². The molecule has 0 saturated heterocycles. The van der Waals surface area contributed by atoms with Gasteiger partial charge in [0.2, 0.25) is 0 Å². The predicted molar refractivity (Wildman–Crippen MR) is 120 cm³/mol. The summed E-state index contributed by atoms with van der Waals surface area (Å²) < 4.78 is 11.7. The van der Waals surface area contributed by atoms with Gasteiger partial charge in [-0.25, -0.2) is 0 Å². The van der Waals surface area contributed by atoms with E-state index in [4.69, 9.17) is 19.7 Å². The van der Waals surface area contributed by atoms with E-state index in [1.54, 1.807) is 0 Å². The third kappa shape index (κ3) is 4.90. The molecule has 0 aliphatic carbocycles. The summed E-state index contributed by atoms with van der Waals surface area (Å²) in [5, 5.41) is 22.7. The molecule has 0 heterocycles. The number of benzene rings is 4. The number of hydrogen-bond acceptors (Lipinski definition) is 4. The van der Waals surface area contributed by atoms with Crippen molar-refractivity contribution in [2.45, 2.75) is 12.8 Å². The summed E-state index contributed by atoms with van der Waals surface area (Å²) in [7, 11) is 0. The zero-order chi connectivity index (χ0) is 20.8. The molecular formula is C26H26O4. The third-order valence-corrected chi connectivity index (χ3v) is 5.17. The highest BCUT2D eigenvalue weighted by Gasteiger charge is 2.02. The van der Waals surface area contributed by atoms with Crippen LogP contribution in [0, 0.1) is 0 Å². The molecule has 4 heteroatoms. The van der Waals surface area contributed by atoms with Crippen molar-refractivity contribution in [2.24, 2.45) is 0 Å². The first-order chi connectivity index (χ1) is 14.7. The molecule has 2 N–H and O–H groups in total. The topological polar surface area (TPSA) is 58.9 Å². The fourth-order valence-electron chi connectivity index (χ4n) is 3.61. The second kappa shape index (κ2) is 9.61.